The second-order valence-corrected chi connectivity index (χ2v) is 8.86. The highest BCUT2D eigenvalue weighted by atomic mass is 19.1. The van der Waals surface area contributed by atoms with Gasteiger partial charge in [0.2, 0.25) is 0 Å². The molecule has 1 fully saturated rings. The molecule has 37 heavy (non-hydrogen) atoms. The van der Waals surface area contributed by atoms with E-state index in [0.29, 0.717) is 17.0 Å². The van der Waals surface area contributed by atoms with E-state index in [9.17, 15) is 23.9 Å². The van der Waals surface area contributed by atoms with Gasteiger partial charge in [-0.05, 0) is 49.4 Å². The molecule has 1 N–H and O–H groups in total. The van der Waals surface area contributed by atoms with E-state index < -0.39 is 22.9 Å². The number of ketones is 1. The molecule has 8 nitrogen and oxygen atoms in total. The highest BCUT2D eigenvalue weighted by Crippen LogP contribution is 2.24. The lowest BCUT2D eigenvalue weighted by Gasteiger charge is -2.35. The Balaban J connectivity index is 1.79. The number of piperazine rings is 1. The van der Waals surface area contributed by atoms with Crippen molar-refractivity contribution in [2.75, 3.05) is 44.2 Å². The number of fused-ring (bicyclic) bond motifs is 1. The maximum atomic E-state index is 13.5. The van der Waals surface area contributed by atoms with Crippen molar-refractivity contribution in [3.8, 4) is 0 Å². The first-order valence-corrected chi connectivity index (χ1v) is 12.3. The van der Waals surface area contributed by atoms with Crippen LogP contribution in [0, 0.1) is 5.82 Å². The highest BCUT2D eigenvalue weighted by Gasteiger charge is 2.20. The number of benzene rings is 2. The van der Waals surface area contributed by atoms with Crippen molar-refractivity contribution in [2.24, 2.45) is 0 Å². The summed E-state index contributed by atoms with van der Waals surface area (Å²) in [6.45, 7) is 8.61. The third-order valence-electron chi connectivity index (χ3n) is 6.54. The Labute approximate surface area is 214 Å². The van der Waals surface area contributed by atoms with E-state index >= 15 is 0 Å². The van der Waals surface area contributed by atoms with Crippen LogP contribution in [0.2, 0.25) is 0 Å². The molecule has 0 spiro atoms. The predicted molar refractivity (Wildman–Crippen MR) is 140 cm³/mol. The number of carbonyl (C=O) groups is 2. The molecule has 0 bridgehead atoms. The third-order valence-corrected chi connectivity index (χ3v) is 6.54. The number of rotatable bonds is 8. The molecule has 0 atom stereocenters. The number of anilines is 1. The van der Waals surface area contributed by atoms with E-state index in [1.807, 2.05) is 12.1 Å². The van der Waals surface area contributed by atoms with E-state index in [1.165, 1.54) is 18.3 Å². The second kappa shape index (κ2) is 11.4. The fourth-order valence-corrected chi connectivity index (χ4v) is 4.46. The summed E-state index contributed by atoms with van der Waals surface area (Å²) in [6, 6.07) is 11.5. The molecule has 0 amide bonds. The zero-order chi connectivity index (χ0) is 26.5. The van der Waals surface area contributed by atoms with Crippen molar-refractivity contribution >= 4 is 34.1 Å². The van der Waals surface area contributed by atoms with E-state index in [0.717, 1.165) is 44.0 Å². The molecule has 1 aromatic heterocycles. The van der Waals surface area contributed by atoms with Crippen LogP contribution in [0.25, 0.3) is 16.7 Å². The van der Waals surface area contributed by atoms with Crippen LogP contribution in [0.1, 0.15) is 25.0 Å². The van der Waals surface area contributed by atoms with Crippen molar-refractivity contribution in [1.82, 2.24) is 9.47 Å². The minimum absolute atomic E-state index is 0.00938. The van der Waals surface area contributed by atoms with Crippen LogP contribution < -0.4 is 10.3 Å². The summed E-state index contributed by atoms with van der Waals surface area (Å²) in [7, 11) is 0. The van der Waals surface area contributed by atoms with E-state index in [1.54, 1.807) is 29.7 Å². The predicted octanol–water partition coefficient (Wildman–Crippen LogP) is 3.36. The van der Waals surface area contributed by atoms with Crippen molar-refractivity contribution in [2.45, 2.75) is 20.4 Å². The molecule has 1 aliphatic rings. The summed E-state index contributed by atoms with van der Waals surface area (Å²) >= 11 is 0. The van der Waals surface area contributed by atoms with Gasteiger partial charge in [0.15, 0.2) is 5.43 Å². The Morgan fingerprint density at radius 2 is 1.76 bits per heavy atom. The van der Waals surface area contributed by atoms with Gasteiger partial charge in [-0.25, -0.2) is 9.18 Å². The van der Waals surface area contributed by atoms with Crippen LogP contribution in [-0.2, 0) is 20.9 Å². The van der Waals surface area contributed by atoms with E-state index in [4.69, 9.17) is 0 Å². The maximum absolute atomic E-state index is 13.5. The first-order valence-electron chi connectivity index (χ1n) is 12.3. The SMILES string of the molecule is CCOC(=O)C(=O)/C=C(\O)c1cn(Cc2ccc(F)cc2)c2cc(N3CCN(CC)CC3)ccc2c1=O. The average molecular weight is 508 g/mol. The quantitative estimate of drug-likeness (QED) is 0.216. The molecule has 1 saturated heterocycles. The Morgan fingerprint density at radius 3 is 2.41 bits per heavy atom. The Bertz CT molecular complexity index is 1390. The maximum Gasteiger partial charge on any atom is 0.379 e. The van der Waals surface area contributed by atoms with Gasteiger partial charge in [0.05, 0.1) is 17.7 Å². The fourth-order valence-electron chi connectivity index (χ4n) is 4.46. The summed E-state index contributed by atoms with van der Waals surface area (Å²) < 4.78 is 19.9. The van der Waals surface area contributed by atoms with Crippen LogP contribution in [0.5, 0.6) is 0 Å². The summed E-state index contributed by atoms with van der Waals surface area (Å²) in [5.74, 6) is -3.17. The zero-order valence-corrected chi connectivity index (χ0v) is 20.9. The monoisotopic (exact) mass is 507 g/mol. The number of esters is 1. The Kier molecular flexibility index (Phi) is 8.03. The molecule has 3 aromatic rings. The van der Waals surface area contributed by atoms with Gasteiger partial charge in [0, 0.05) is 56.1 Å². The van der Waals surface area contributed by atoms with Gasteiger partial charge in [-0.3, -0.25) is 9.59 Å². The van der Waals surface area contributed by atoms with Crippen LogP contribution >= 0.6 is 0 Å². The first-order chi connectivity index (χ1) is 17.8. The van der Waals surface area contributed by atoms with Gasteiger partial charge >= 0.3 is 5.97 Å². The molecule has 0 radical (unpaired) electrons. The molecule has 0 aliphatic carbocycles. The van der Waals surface area contributed by atoms with Gasteiger partial charge in [0.1, 0.15) is 11.6 Å². The minimum atomic E-state index is -1.12. The normalized spacial score (nSPS) is 14.7. The summed E-state index contributed by atoms with van der Waals surface area (Å²) in [4.78, 5) is 41.8. The largest absolute Gasteiger partial charge is 0.507 e. The number of hydrogen-bond donors (Lipinski definition) is 1. The molecule has 2 aromatic carbocycles. The van der Waals surface area contributed by atoms with Gasteiger partial charge in [-0.15, -0.1) is 0 Å². The Morgan fingerprint density at radius 1 is 1.05 bits per heavy atom. The van der Waals surface area contributed by atoms with Crippen molar-refractivity contribution < 1.29 is 23.8 Å². The van der Waals surface area contributed by atoms with Crippen LogP contribution in [0.4, 0.5) is 10.1 Å². The van der Waals surface area contributed by atoms with Crippen LogP contribution in [-0.4, -0.2) is 65.7 Å². The lowest BCUT2D eigenvalue weighted by molar-refractivity contribution is -0.151. The number of likely N-dealkylation sites (N-methyl/N-ethyl adjacent to an activating group) is 1. The summed E-state index contributed by atoms with van der Waals surface area (Å²) in [6.07, 6.45) is 2.15. The number of nitrogens with zero attached hydrogens (tertiary/aromatic N) is 3. The Hall–Kier alpha value is -3.98. The zero-order valence-electron chi connectivity index (χ0n) is 20.9. The van der Waals surface area contributed by atoms with Gasteiger partial charge in [-0.2, -0.15) is 0 Å². The van der Waals surface area contributed by atoms with Gasteiger partial charge < -0.3 is 24.2 Å². The second-order valence-electron chi connectivity index (χ2n) is 8.86. The van der Waals surface area contributed by atoms with Crippen LogP contribution in [0.3, 0.4) is 0 Å². The van der Waals surface area contributed by atoms with Crippen molar-refractivity contribution in [1.29, 1.82) is 0 Å². The fraction of sp³-hybridized carbons (Fsp3) is 0.321. The standard InChI is InChI=1S/C28H30FN3O5/c1-3-30-11-13-31(14-12-30)21-9-10-22-24(15-21)32(17-19-5-7-20(29)8-6-19)18-23(27(22)35)25(33)16-26(34)28(36)37-4-2/h5-10,15-16,18,33H,3-4,11-14,17H2,1-2H3/b25-16-. The summed E-state index contributed by atoms with van der Waals surface area (Å²) in [5.41, 5.74) is 1.79. The van der Waals surface area contributed by atoms with Gasteiger partial charge in [-0.1, -0.05) is 19.1 Å². The third kappa shape index (κ3) is 5.89. The molecular weight excluding hydrogens is 477 g/mol. The van der Waals surface area contributed by atoms with Crippen molar-refractivity contribution in [3.05, 3.63) is 81.9 Å². The number of aliphatic hydroxyl groups is 1. The number of ether oxygens (including phenoxy) is 1. The number of aromatic nitrogens is 1. The lowest BCUT2D eigenvalue weighted by Crippen LogP contribution is -2.46. The van der Waals surface area contributed by atoms with Crippen molar-refractivity contribution in [3.63, 3.8) is 0 Å². The molecule has 0 unspecified atom stereocenters. The number of carbonyl (C=O) groups excluding carboxylic acids is 2. The van der Waals surface area contributed by atoms with E-state index in [-0.39, 0.29) is 24.5 Å². The topological polar surface area (TPSA) is 92.1 Å². The smallest absolute Gasteiger partial charge is 0.379 e. The van der Waals surface area contributed by atoms with Crippen LogP contribution in [0.15, 0.2) is 59.5 Å². The molecular formula is C28H30FN3O5. The molecule has 0 saturated carbocycles. The number of aliphatic hydroxyl groups excluding tert-OH is 1. The lowest BCUT2D eigenvalue weighted by atomic mass is 10.1. The number of halogens is 1. The number of pyridine rings is 1. The first kappa shape index (κ1) is 26.1. The summed E-state index contributed by atoms with van der Waals surface area (Å²) in [5, 5.41) is 11.0. The molecule has 194 valence electrons. The van der Waals surface area contributed by atoms with Gasteiger partial charge in [0.25, 0.3) is 5.78 Å². The molecule has 2 heterocycles. The molecule has 1 aliphatic heterocycles. The average Bonchev–Trinajstić information content (AvgIpc) is 2.91. The highest BCUT2D eigenvalue weighted by molar-refractivity contribution is 6.39. The molecule has 9 heteroatoms. The van der Waals surface area contributed by atoms with E-state index in [2.05, 4.69) is 21.5 Å². The minimum Gasteiger partial charge on any atom is -0.507 e. The molecule has 4 rings (SSSR count). The number of hydrogen-bond acceptors (Lipinski definition) is 7.